The number of carbonyl (C=O) groups is 1. The van der Waals surface area contributed by atoms with Gasteiger partial charge in [-0.25, -0.2) is 0 Å². The van der Waals surface area contributed by atoms with E-state index in [1.54, 1.807) is 29.9 Å². The van der Waals surface area contributed by atoms with Crippen LogP contribution >= 0.6 is 0 Å². The molecule has 0 aliphatic rings. The summed E-state index contributed by atoms with van der Waals surface area (Å²) in [4.78, 5) is 11.3. The van der Waals surface area contributed by atoms with E-state index in [-0.39, 0.29) is 5.97 Å². The first-order valence-electron chi connectivity index (χ1n) is 6.78. The maximum Gasteiger partial charge on any atom is 0.305 e. The molecule has 0 atom stereocenters. The molecule has 21 heavy (non-hydrogen) atoms. The molecule has 110 valence electrons. The second-order valence-corrected chi connectivity index (χ2v) is 4.50. The first-order chi connectivity index (χ1) is 10.2. The average molecular weight is 287 g/mol. The molecular weight excluding hydrogens is 270 g/mol. The number of methoxy groups -OCH3 is 1. The van der Waals surface area contributed by atoms with E-state index in [1.165, 1.54) is 7.11 Å². The molecule has 1 aromatic heterocycles. The molecule has 0 fully saturated rings. The van der Waals surface area contributed by atoms with Crippen molar-refractivity contribution >= 4 is 16.9 Å². The lowest BCUT2D eigenvalue weighted by Gasteiger charge is -2.06. The summed E-state index contributed by atoms with van der Waals surface area (Å²) in [5, 5.41) is 14.2. The standard InChI is InChI=1S/C15H17N3O3/c1-3-21-15(19)5-4-6-18-13-8-14(20-2)11(9-16)7-12(13)10-17-18/h7-8,10H,3-6H2,1-2H3. The third kappa shape index (κ3) is 3.31. The third-order valence-electron chi connectivity index (χ3n) is 3.14. The normalized spacial score (nSPS) is 10.3. The SMILES string of the molecule is CCOC(=O)CCCn1ncc2cc(C#N)c(OC)cc21. The number of hydrogen-bond acceptors (Lipinski definition) is 5. The number of rotatable bonds is 6. The lowest BCUT2D eigenvalue weighted by atomic mass is 10.1. The van der Waals surface area contributed by atoms with Crippen molar-refractivity contribution in [2.75, 3.05) is 13.7 Å². The Morgan fingerprint density at radius 1 is 1.48 bits per heavy atom. The van der Waals surface area contributed by atoms with E-state index in [4.69, 9.17) is 14.7 Å². The Morgan fingerprint density at radius 3 is 2.95 bits per heavy atom. The van der Waals surface area contributed by atoms with Crippen LogP contribution in [0.1, 0.15) is 25.3 Å². The van der Waals surface area contributed by atoms with Gasteiger partial charge >= 0.3 is 5.97 Å². The largest absolute Gasteiger partial charge is 0.495 e. The number of ether oxygens (including phenoxy) is 2. The van der Waals surface area contributed by atoms with Crippen LogP contribution in [0.3, 0.4) is 0 Å². The number of aryl methyl sites for hydroxylation is 1. The van der Waals surface area contributed by atoms with Crippen molar-refractivity contribution in [1.82, 2.24) is 9.78 Å². The molecule has 0 unspecified atom stereocenters. The van der Waals surface area contributed by atoms with Crippen LogP contribution in [0.5, 0.6) is 5.75 Å². The molecule has 0 bridgehead atoms. The van der Waals surface area contributed by atoms with Gasteiger partial charge in [0.05, 0.1) is 31.0 Å². The predicted molar refractivity (Wildman–Crippen MR) is 76.9 cm³/mol. The summed E-state index contributed by atoms with van der Waals surface area (Å²) in [5.74, 6) is 0.329. The molecule has 0 N–H and O–H groups in total. The number of fused-ring (bicyclic) bond motifs is 1. The van der Waals surface area contributed by atoms with Crippen molar-refractivity contribution in [3.8, 4) is 11.8 Å². The van der Waals surface area contributed by atoms with Crippen molar-refractivity contribution in [3.05, 3.63) is 23.9 Å². The third-order valence-corrected chi connectivity index (χ3v) is 3.14. The molecule has 6 nitrogen and oxygen atoms in total. The van der Waals surface area contributed by atoms with Gasteiger partial charge in [0.2, 0.25) is 0 Å². The van der Waals surface area contributed by atoms with E-state index in [9.17, 15) is 4.79 Å². The van der Waals surface area contributed by atoms with Crippen molar-refractivity contribution in [2.45, 2.75) is 26.3 Å². The zero-order chi connectivity index (χ0) is 15.2. The summed E-state index contributed by atoms with van der Waals surface area (Å²) in [5.41, 5.74) is 1.37. The van der Waals surface area contributed by atoms with Crippen molar-refractivity contribution in [2.24, 2.45) is 0 Å². The number of carbonyl (C=O) groups excluding carboxylic acids is 1. The Bertz CT molecular complexity index is 685. The van der Waals surface area contributed by atoms with E-state index in [0.29, 0.717) is 37.3 Å². The molecule has 0 spiro atoms. The molecular formula is C15H17N3O3. The van der Waals surface area contributed by atoms with Gasteiger partial charge in [0.1, 0.15) is 11.8 Å². The first kappa shape index (κ1) is 14.9. The van der Waals surface area contributed by atoms with Crippen LogP contribution in [0.2, 0.25) is 0 Å². The topological polar surface area (TPSA) is 77.1 Å². The van der Waals surface area contributed by atoms with Gasteiger partial charge in [-0.1, -0.05) is 0 Å². The highest BCUT2D eigenvalue weighted by Gasteiger charge is 2.10. The van der Waals surface area contributed by atoms with Crippen LogP contribution in [0.4, 0.5) is 0 Å². The lowest BCUT2D eigenvalue weighted by Crippen LogP contribution is -2.07. The second-order valence-electron chi connectivity index (χ2n) is 4.50. The molecule has 2 rings (SSSR count). The van der Waals surface area contributed by atoms with E-state index < -0.39 is 0 Å². The zero-order valence-corrected chi connectivity index (χ0v) is 12.1. The quantitative estimate of drug-likeness (QED) is 0.762. The molecule has 0 saturated heterocycles. The van der Waals surface area contributed by atoms with Gasteiger partial charge in [-0.2, -0.15) is 10.4 Å². The zero-order valence-electron chi connectivity index (χ0n) is 12.1. The molecule has 1 aromatic carbocycles. The maximum absolute atomic E-state index is 11.3. The lowest BCUT2D eigenvalue weighted by molar-refractivity contribution is -0.143. The van der Waals surface area contributed by atoms with Gasteiger partial charge in [0.25, 0.3) is 0 Å². The number of esters is 1. The smallest absolute Gasteiger partial charge is 0.305 e. The minimum Gasteiger partial charge on any atom is -0.495 e. The number of aromatic nitrogens is 2. The summed E-state index contributed by atoms with van der Waals surface area (Å²) in [7, 11) is 1.53. The highest BCUT2D eigenvalue weighted by atomic mass is 16.5. The minimum absolute atomic E-state index is 0.196. The first-order valence-corrected chi connectivity index (χ1v) is 6.78. The highest BCUT2D eigenvalue weighted by Crippen LogP contribution is 2.25. The monoisotopic (exact) mass is 287 g/mol. The maximum atomic E-state index is 11.3. The fourth-order valence-electron chi connectivity index (χ4n) is 2.15. The summed E-state index contributed by atoms with van der Waals surface area (Å²) < 4.78 is 11.9. The predicted octanol–water partition coefficient (Wildman–Crippen LogP) is 2.26. The van der Waals surface area contributed by atoms with Crippen LogP contribution in [-0.2, 0) is 16.1 Å². The summed E-state index contributed by atoms with van der Waals surface area (Å²) >= 11 is 0. The van der Waals surface area contributed by atoms with Gasteiger partial charge in [-0.15, -0.1) is 0 Å². The number of hydrogen-bond donors (Lipinski definition) is 0. The molecule has 0 amide bonds. The summed E-state index contributed by atoms with van der Waals surface area (Å²) in [6, 6.07) is 5.65. The molecule has 6 heteroatoms. The highest BCUT2D eigenvalue weighted by molar-refractivity contribution is 5.82. The van der Waals surface area contributed by atoms with Gasteiger partial charge in [0.15, 0.2) is 0 Å². The molecule has 0 saturated carbocycles. The molecule has 2 aromatic rings. The van der Waals surface area contributed by atoms with Crippen LogP contribution in [0, 0.1) is 11.3 Å². The molecule has 1 heterocycles. The summed E-state index contributed by atoms with van der Waals surface area (Å²) in [6.45, 7) is 2.80. The van der Waals surface area contributed by atoms with E-state index >= 15 is 0 Å². The Labute approximate surface area is 122 Å². The van der Waals surface area contributed by atoms with E-state index in [2.05, 4.69) is 11.2 Å². The summed E-state index contributed by atoms with van der Waals surface area (Å²) in [6.07, 6.45) is 2.72. The van der Waals surface area contributed by atoms with Crippen LogP contribution in [0.25, 0.3) is 10.9 Å². The van der Waals surface area contributed by atoms with Crippen molar-refractivity contribution in [3.63, 3.8) is 0 Å². The fourth-order valence-corrected chi connectivity index (χ4v) is 2.15. The number of benzene rings is 1. The van der Waals surface area contributed by atoms with E-state index in [0.717, 1.165) is 10.9 Å². The van der Waals surface area contributed by atoms with Crippen LogP contribution in [-0.4, -0.2) is 29.5 Å². The molecule has 0 radical (unpaired) electrons. The van der Waals surface area contributed by atoms with Gasteiger partial charge in [-0.3, -0.25) is 9.48 Å². The van der Waals surface area contributed by atoms with Crippen LogP contribution < -0.4 is 4.74 Å². The Kier molecular flexibility index (Phi) is 4.77. The van der Waals surface area contributed by atoms with Gasteiger partial charge in [0, 0.05) is 24.4 Å². The second kappa shape index (κ2) is 6.75. The van der Waals surface area contributed by atoms with E-state index in [1.807, 2.05) is 0 Å². The van der Waals surface area contributed by atoms with Crippen LogP contribution in [0.15, 0.2) is 18.3 Å². The van der Waals surface area contributed by atoms with Gasteiger partial charge in [-0.05, 0) is 19.4 Å². The minimum atomic E-state index is -0.196. The molecule has 0 aliphatic carbocycles. The van der Waals surface area contributed by atoms with Crippen molar-refractivity contribution in [1.29, 1.82) is 5.26 Å². The van der Waals surface area contributed by atoms with Gasteiger partial charge < -0.3 is 9.47 Å². The number of nitriles is 1. The Hall–Kier alpha value is -2.55. The fraction of sp³-hybridized carbons (Fsp3) is 0.400. The van der Waals surface area contributed by atoms with Crippen molar-refractivity contribution < 1.29 is 14.3 Å². The molecule has 0 aliphatic heterocycles. The average Bonchev–Trinajstić information content (AvgIpc) is 2.88. The Balaban J connectivity index is 2.14. The Morgan fingerprint density at radius 2 is 2.29 bits per heavy atom. The number of nitrogens with zero attached hydrogens (tertiary/aromatic N) is 3.